The van der Waals surface area contributed by atoms with Crippen LogP contribution in [0, 0.1) is 11.8 Å². The molecule has 0 heterocycles. The summed E-state index contributed by atoms with van der Waals surface area (Å²) in [6.07, 6.45) is 59.7. The number of ether oxygens (including phenoxy) is 4. The quantitative estimate of drug-likeness (QED) is 0.0222. The smallest absolute Gasteiger partial charge is 0.462 e. The van der Waals surface area contributed by atoms with Gasteiger partial charge in [-0.2, -0.15) is 0 Å². The Morgan fingerprint density at radius 2 is 0.520 bits per heavy atom. The van der Waals surface area contributed by atoms with Crippen LogP contribution in [0.5, 0.6) is 0 Å². The highest BCUT2D eigenvalue weighted by atomic mass is 31.2. The zero-order chi connectivity index (χ0) is 72.1. The number of aliphatic hydroxyl groups is 1. The summed E-state index contributed by atoms with van der Waals surface area (Å²) in [4.78, 5) is 72.9. The van der Waals surface area contributed by atoms with Crippen LogP contribution in [0.4, 0.5) is 0 Å². The van der Waals surface area contributed by atoms with Crippen molar-refractivity contribution in [3.63, 3.8) is 0 Å². The molecule has 19 heteroatoms. The average Bonchev–Trinajstić information content (AvgIpc) is 0.991. The van der Waals surface area contributed by atoms with Gasteiger partial charge in [0.2, 0.25) is 0 Å². The largest absolute Gasteiger partial charge is 0.472 e. The van der Waals surface area contributed by atoms with Gasteiger partial charge in [-0.05, 0) is 37.5 Å². The Morgan fingerprint density at radius 3 is 0.776 bits per heavy atom. The van der Waals surface area contributed by atoms with Gasteiger partial charge in [0.15, 0.2) is 12.2 Å². The van der Waals surface area contributed by atoms with E-state index in [1.807, 2.05) is 0 Å². The molecule has 0 saturated heterocycles. The molecule has 0 fully saturated rings. The predicted octanol–water partition coefficient (Wildman–Crippen LogP) is 23.5. The number of phosphoric ester groups is 2. The molecule has 6 atom stereocenters. The fourth-order valence-electron chi connectivity index (χ4n) is 12.2. The molecule has 0 bridgehead atoms. The van der Waals surface area contributed by atoms with Gasteiger partial charge in [-0.1, -0.05) is 363 Å². The number of aliphatic hydroxyl groups excluding tert-OH is 1. The van der Waals surface area contributed by atoms with Gasteiger partial charge in [0, 0.05) is 25.7 Å². The van der Waals surface area contributed by atoms with Crippen LogP contribution in [0.25, 0.3) is 0 Å². The monoisotopic (exact) mass is 1440 g/mol. The van der Waals surface area contributed by atoms with Crippen molar-refractivity contribution in [1.82, 2.24) is 0 Å². The molecule has 0 spiro atoms. The van der Waals surface area contributed by atoms with Crippen LogP contribution in [0.2, 0.25) is 0 Å². The molecule has 0 aliphatic rings. The lowest BCUT2D eigenvalue weighted by Crippen LogP contribution is -2.30. The highest BCUT2D eigenvalue weighted by molar-refractivity contribution is 7.47. The van der Waals surface area contributed by atoms with Crippen LogP contribution in [0.1, 0.15) is 414 Å². The van der Waals surface area contributed by atoms with Crippen LogP contribution in [-0.2, 0) is 65.4 Å². The van der Waals surface area contributed by atoms with Gasteiger partial charge in [0.1, 0.15) is 19.3 Å². The maximum absolute atomic E-state index is 13.1. The Kier molecular flexibility index (Phi) is 69.3. The molecule has 0 aromatic heterocycles. The summed E-state index contributed by atoms with van der Waals surface area (Å²) in [6.45, 7) is 9.60. The number of unbranched alkanes of at least 4 members (excludes halogenated alkanes) is 47. The molecule has 0 saturated carbocycles. The minimum Gasteiger partial charge on any atom is -0.462 e. The molecule has 0 amide bonds. The van der Waals surface area contributed by atoms with Gasteiger partial charge < -0.3 is 33.8 Å². The van der Waals surface area contributed by atoms with Gasteiger partial charge in [0.05, 0.1) is 26.4 Å². The molecule has 582 valence electrons. The van der Waals surface area contributed by atoms with E-state index in [-0.39, 0.29) is 25.7 Å². The van der Waals surface area contributed by atoms with Crippen molar-refractivity contribution >= 4 is 39.5 Å². The second-order valence-electron chi connectivity index (χ2n) is 29.2. The normalized spacial score (nSPS) is 14.2. The lowest BCUT2D eigenvalue weighted by Gasteiger charge is -2.21. The van der Waals surface area contributed by atoms with Gasteiger partial charge >= 0.3 is 39.5 Å². The Hall–Kier alpha value is -1.94. The number of hydrogen-bond acceptors (Lipinski definition) is 15. The molecule has 0 aromatic carbocycles. The first-order chi connectivity index (χ1) is 47.4. The summed E-state index contributed by atoms with van der Waals surface area (Å²) in [6, 6.07) is 0. The number of rotatable bonds is 78. The predicted molar refractivity (Wildman–Crippen MR) is 400 cm³/mol. The molecule has 0 rings (SSSR count). The SMILES string of the molecule is CCCCCCCCCCCCCCCCCCCCCCC(=O)O[C@H](COC(=O)CCCCCCCCCCCCCCCC(C)C)COP(=O)(O)OC[C@@H](O)COP(=O)(O)OC[C@@H](COC(=O)CCCCCCCCC(C)CC)OC(=O)CCCCCCCCCCCCCC. The number of carbonyl (C=O) groups excluding carboxylic acids is 4. The van der Waals surface area contributed by atoms with E-state index >= 15 is 0 Å². The topological polar surface area (TPSA) is 237 Å². The molecule has 3 N–H and O–H groups in total. The highest BCUT2D eigenvalue weighted by Gasteiger charge is 2.30. The number of phosphoric acid groups is 2. The maximum Gasteiger partial charge on any atom is 0.472 e. The first-order valence-electron chi connectivity index (χ1n) is 41.0. The van der Waals surface area contributed by atoms with Crippen LogP contribution in [0.3, 0.4) is 0 Å². The van der Waals surface area contributed by atoms with Gasteiger partial charge in [-0.3, -0.25) is 37.3 Å². The second kappa shape index (κ2) is 70.7. The minimum absolute atomic E-state index is 0.107. The highest BCUT2D eigenvalue weighted by Crippen LogP contribution is 2.45. The summed E-state index contributed by atoms with van der Waals surface area (Å²) >= 11 is 0. The third-order valence-electron chi connectivity index (χ3n) is 18.8. The lowest BCUT2D eigenvalue weighted by atomic mass is 10.00. The maximum atomic E-state index is 13.1. The zero-order valence-electron chi connectivity index (χ0n) is 64.1. The standard InChI is InChI=1S/C79H154O17P2/c1-7-10-12-14-16-18-20-22-23-24-25-26-27-28-31-36-40-44-52-58-64-79(84)95-74(67-89-76(81)61-55-49-42-38-35-32-29-30-33-37-41-47-53-59-71(4)5)69-93-97(85,86)91-65-73(80)66-92-98(87,88)94-70-75(68-90-77(82)62-56-50-46-45-48-54-60-72(6)9-3)96-78(83)63-57-51-43-39-34-21-19-17-15-13-11-8-2/h71-75,80H,7-70H2,1-6H3,(H,85,86)(H,87,88)/t72?,73-,74-,75-/m1/s1. The van der Waals surface area contributed by atoms with E-state index in [2.05, 4.69) is 41.5 Å². The van der Waals surface area contributed by atoms with Crippen molar-refractivity contribution in [1.29, 1.82) is 0 Å². The zero-order valence-corrected chi connectivity index (χ0v) is 65.9. The fraction of sp³-hybridized carbons (Fsp3) is 0.949. The Balaban J connectivity index is 5.23. The minimum atomic E-state index is -4.96. The summed E-state index contributed by atoms with van der Waals surface area (Å²) in [5, 5.41) is 10.6. The Bertz CT molecular complexity index is 1890. The number of carbonyl (C=O) groups is 4. The third kappa shape index (κ3) is 71.1. The van der Waals surface area contributed by atoms with Crippen LogP contribution in [-0.4, -0.2) is 96.7 Å². The van der Waals surface area contributed by atoms with E-state index in [1.54, 1.807) is 0 Å². The van der Waals surface area contributed by atoms with Crippen molar-refractivity contribution in [2.75, 3.05) is 39.6 Å². The summed E-state index contributed by atoms with van der Waals surface area (Å²) in [5.74, 6) is -0.590. The molecular weight excluding hydrogens is 1280 g/mol. The van der Waals surface area contributed by atoms with Gasteiger partial charge in [0.25, 0.3) is 0 Å². The van der Waals surface area contributed by atoms with E-state index in [0.717, 1.165) is 108 Å². The summed E-state index contributed by atoms with van der Waals surface area (Å²) < 4.78 is 68.6. The number of esters is 4. The van der Waals surface area contributed by atoms with Gasteiger partial charge in [-0.15, -0.1) is 0 Å². The molecule has 0 aliphatic heterocycles. The summed E-state index contributed by atoms with van der Waals surface area (Å²) in [5.41, 5.74) is 0. The van der Waals surface area contributed by atoms with E-state index in [4.69, 9.17) is 37.0 Å². The molecule has 98 heavy (non-hydrogen) atoms. The molecule has 0 aromatic rings. The third-order valence-corrected chi connectivity index (χ3v) is 20.7. The van der Waals surface area contributed by atoms with Crippen molar-refractivity contribution in [2.45, 2.75) is 432 Å². The van der Waals surface area contributed by atoms with Crippen molar-refractivity contribution in [3.05, 3.63) is 0 Å². The van der Waals surface area contributed by atoms with Crippen molar-refractivity contribution in [2.24, 2.45) is 11.8 Å². The van der Waals surface area contributed by atoms with E-state index < -0.39 is 97.5 Å². The molecular formula is C79H154O17P2. The van der Waals surface area contributed by atoms with Crippen LogP contribution < -0.4 is 0 Å². The van der Waals surface area contributed by atoms with Crippen LogP contribution >= 0.6 is 15.6 Å². The second-order valence-corrected chi connectivity index (χ2v) is 32.1. The van der Waals surface area contributed by atoms with Crippen molar-refractivity contribution < 1.29 is 80.2 Å². The Morgan fingerprint density at radius 1 is 0.296 bits per heavy atom. The van der Waals surface area contributed by atoms with E-state index in [1.165, 1.54) is 225 Å². The van der Waals surface area contributed by atoms with Crippen LogP contribution in [0.15, 0.2) is 0 Å². The lowest BCUT2D eigenvalue weighted by molar-refractivity contribution is -0.161. The first-order valence-corrected chi connectivity index (χ1v) is 44.0. The van der Waals surface area contributed by atoms with E-state index in [9.17, 15) is 43.2 Å². The molecule has 17 nitrogen and oxygen atoms in total. The Labute approximate surface area is 600 Å². The molecule has 3 unspecified atom stereocenters. The average molecular weight is 1440 g/mol. The molecule has 0 aliphatic carbocycles. The first kappa shape index (κ1) is 96.1. The van der Waals surface area contributed by atoms with E-state index in [0.29, 0.717) is 25.7 Å². The fourth-order valence-corrected chi connectivity index (χ4v) is 13.7. The van der Waals surface area contributed by atoms with Gasteiger partial charge in [-0.25, -0.2) is 9.13 Å². The molecule has 0 radical (unpaired) electrons. The number of hydrogen-bond donors (Lipinski definition) is 3. The summed E-state index contributed by atoms with van der Waals surface area (Å²) in [7, 11) is -9.91. The van der Waals surface area contributed by atoms with Crippen molar-refractivity contribution in [3.8, 4) is 0 Å².